The van der Waals surface area contributed by atoms with Crippen LogP contribution in [-0.2, 0) is 0 Å². The third-order valence-corrected chi connectivity index (χ3v) is 2.94. The zero-order valence-electron chi connectivity index (χ0n) is 11.4. The molecule has 0 bridgehead atoms. The first-order chi connectivity index (χ1) is 9.56. The Morgan fingerprint density at radius 2 is 2.10 bits per heavy atom. The summed E-state index contributed by atoms with van der Waals surface area (Å²) in [6, 6.07) is 9.37. The Balaban J connectivity index is 2.67. The lowest BCUT2D eigenvalue weighted by molar-refractivity contribution is 0.0697. The van der Waals surface area contributed by atoms with Crippen molar-refractivity contribution in [2.75, 3.05) is 18.5 Å². The van der Waals surface area contributed by atoms with E-state index < -0.39 is 5.97 Å². The molecule has 1 heterocycles. The van der Waals surface area contributed by atoms with Crippen LogP contribution in [0.25, 0.3) is 5.69 Å². The molecule has 20 heavy (non-hydrogen) atoms. The first-order valence-electron chi connectivity index (χ1n) is 6.09. The van der Waals surface area contributed by atoms with Gasteiger partial charge in [0.15, 0.2) is 0 Å². The summed E-state index contributed by atoms with van der Waals surface area (Å²) < 4.78 is 1.61. The predicted octanol–water partition coefficient (Wildman–Crippen LogP) is 1.95. The summed E-state index contributed by atoms with van der Waals surface area (Å²) in [5.41, 5.74) is 1.42. The average molecular weight is 269 g/mol. The highest BCUT2D eigenvalue weighted by molar-refractivity contribution is 5.95. The van der Waals surface area contributed by atoms with Gasteiger partial charge in [0.2, 0.25) is 0 Å². The topological polar surface area (TPSA) is 58.4 Å². The molecule has 2 aromatic rings. The monoisotopic (exact) mass is 269 g/mol. The third-order valence-electron chi connectivity index (χ3n) is 2.94. The highest BCUT2D eigenvalue weighted by atomic mass is 16.4. The van der Waals surface area contributed by atoms with Crippen LogP contribution in [-0.4, -0.2) is 34.4 Å². The van der Waals surface area contributed by atoms with E-state index in [1.165, 1.54) is 0 Å². The van der Waals surface area contributed by atoms with Crippen molar-refractivity contribution in [2.24, 2.45) is 0 Å². The molecule has 0 atom stereocenters. The van der Waals surface area contributed by atoms with E-state index in [0.717, 1.165) is 5.69 Å². The highest BCUT2D eigenvalue weighted by Crippen LogP contribution is 2.26. The second-order valence-corrected chi connectivity index (χ2v) is 4.40. The second kappa shape index (κ2) is 5.49. The molecule has 0 aliphatic carbocycles. The van der Waals surface area contributed by atoms with Crippen LogP contribution in [0.5, 0.6) is 0 Å². The molecule has 0 spiro atoms. The first kappa shape index (κ1) is 13.7. The summed E-state index contributed by atoms with van der Waals surface area (Å²) in [6.45, 7) is 1.98. The molecular weight excluding hydrogens is 254 g/mol. The first-order valence-corrected chi connectivity index (χ1v) is 6.09. The highest BCUT2D eigenvalue weighted by Gasteiger charge is 2.24. The number of hydrogen-bond acceptors (Lipinski definition) is 3. The van der Waals surface area contributed by atoms with E-state index in [9.17, 15) is 9.90 Å². The van der Waals surface area contributed by atoms with Gasteiger partial charge in [0.1, 0.15) is 11.4 Å². The average Bonchev–Trinajstić information content (AvgIpc) is 2.78. The quantitative estimate of drug-likeness (QED) is 0.862. The smallest absolute Gasteiger partial charge is 0.341 e. The molecular formula is C15H15N3O2. The molecule has 0 fully saturated rings. The van der Waals surface area contributed by atoms with Gasteiger partial charge in [-0.25, -0.2) is 9.48 Å². The van der Waals surface area contributed by atoms with Crippen molar-refractivity contribution >= 4 is 11.8 Å². The maximum absolute atomic E-state index is 11.5. The van der Waals surface area contributed by atoms with Crippen molar-refractivity contribution in [1.82, 2.24) is 9.78 Å². The number of carboxylic acids is 1. The van der Waals surface area contributed by atoms with Gasteiger partial charge in [-0.3, -0.25) is 0 Å². The van der Waals surface area contributed by atoms with Crippen LogP contribution in [0.1, 0.15) is 16.1 Å². The standard InChI is InChI=1S/C15H15N3O2/c1-4-10-17(3)14-13(15(19)20)11(2)16-18(14)12-8-6-5-7-9-12/h1,5-9H,10H2,2-3H3,(H,19,20). The summed E-state index contributed by atoms with van der Waals surface area (Å²) in [7, 11) is 1.75. The SMILES string of the molecule is C#CCN(C)c1c(C(=O)O)c(C)nn1-c1ccccc1. The lowest BCUT2D eigenvalue weighted by atomic mass is 10.2. The number of aryl methyl sites for hydroxylation is 1. The molecule has 0 aliphatic rings. The fraction of sp³-hybridized carbons (Fsp3) is 0.200. The predicted molar refractivity (Wildman–Crippen MR) is 77.4 cm³/mol. The molecule has 0 saturated heterocycles. The number of hydrogen-bond donors (Lipinski definition) is 1. The lowest BCUT2D eigenvalue weighted by Gasteiger charge is -2.18. The Morgan fingerprint density at radius 3 is 2.65 bits per heavy atom. The molecule has 2 rings (SSSR count). The van der Waals surface area contributed by atoms with E-state index in [1.807, 2.05) is 30.3 Å². The normalized spacial score (nSPS) is 10.1. The van der Waals surface area contributed by atoms with Crippen LogP contribution < -0.4 is 4.90 Å². The van der Waals surface area contributed by atoms with Crippen LogP contribution in [0.3, 0.4) is 0 Å². The number of benzene rings is 1. The maximum Gasteiger partial charge on any atom is 0.341 e. The van der Waals surface area contributed by atoms with Crippen LogP contribution >= 0.6 is 0 Å². The third kappa shape index (κ3) is 2.36. The number of carbonyl (C=O) groups is 1. The fourth-order valence-electron chi connectivity index (χ4n) is 2.08. The van der Waals surface area contributed by atoms with Gasteiger partial charge in [-0.1, -0.05) is 24.1 Å². The van der Waals surface area contributed by atoms with Crippen molar-refractivity contribution in [2.45, 2.75) is 6.92 Å². The molecule has 1 N–H and O–H groups in total. The van der Waals surface area contributed by atoms with Crippen molar-refractivity contribution in [3.63, 3.8) is 0 Å². The molecule has 0 saturated carbocycles. The van der Waals surface area contributed by atoms with Gasteiger partial charge in [-0.05, 0) is 19.1 Å². The maximum atomic E-state index is 11.5. The molecule has 0 aliphatic heterocycles. The summed E-state index contributed by atoms with van der Waals surface area (Å²) >= 11 is 0. The van der Waals surface area contributed by atoms with E-state index in [4.69, 9.17) is 6.42 Å². The Labute approximate surface area is 117 Å². The minimum absolute atomic E-state index is 0.173. The zero-order valence-corrected chi connectivity index (χ0v) is 11.4. The molecule has 0 radical (unpaired) electrons. The number of rotatable bonds is 4. The largest absolute Gasteiger partial charge is 0.477 e. The van der Waals surface area contributed by atoms with E-state index in [2.05, 4.69) is 11.0 Å². The van der Waals surface area contributed by atoms with Crippen LogP contribution in [0, 0.1) is 19.3 Å². The Kier molecular flexibility index (Phi) is 3.76. The molecule has 1 aromatic carbocycles. The number of anilines is 1. The van der Waals surface area contributed by atoms with Gasteiger partial charge in [-0.2, -0.15) is 5.10 Å². The van der Waals surface area contributed by atoms with Crippen molar-refractivity contribution in [1.29, 1.82) is 0 Å². The van der Waals surface area contributed by atoms with Gasteiger partial charge >= 0.3 is 5.97 Å². The van der Waals surface area contributed by atoms with E-state index >= 15 is 0 Å². The fourth-order valence-corrected chi connectivity index (χ4v) is 2.08. The summed E-state index contributed by atoms with van der Waals surface area (Å²) in [4.78, 5) is 13.2. The summed E-state index contributed by atoms with van der Waals surface area (Å²) in [6.07, 6.45) is 5.32. The number of aromatic carboxylic acids is 1. The van der Waals surface area contributed by atoms with Gasteiger partial charge in [0.25, 0.3) is 0 Å². The number of terminal acetylenes is 1. The molecule has 102 valence electrons. The number of aromatic nitrogens is 2. The van der Waals surface area contributed by atoms with Gasteiger partial charge < -0.3 is 10.0 Å². The van der Waals surface area contributed by atoms with Gasteiger partial charge in [0, 0.05) is 7.05 Å². The van der Waals surface area contributed by atoms with Crippen LogP contribution in [0.4, 0.5) is 5.82 Å². The van der Waals surface area contributed by atoms with Crippen LogP contribution in [0.15, 0.2) is 30.3 Å². The second-order valence-electron chi connectivity index (χ2n) is 4.40. The lowest BCUT2D eigenvalue weighted by Crippen LogP contribution is -2.22. The zero-order chi connectivity index (χ0) is 14.7. The number of para-hydroxylation sites is 1. The van der Waals surface area contributed by atoms with E-state index in [0.29, 0.717) is 18.1 Å². The molecule has 5 heteroatoms. The minimum Gasteiger partial charge on any atom is -0.477 e. The van der Waals surface area contributed by atoms with Crippen molar-refractivity contribution in [3.8, 4) is 18.0 Å². The Hall–Kier alpha value is -2.74. The van der Waals surface area contributed by atoms with E-state index in [1.54, 1.807) is 23.6 Å². The molecule has 1 aromatic heterocycles. The van der Waals surface area contributed by atoms with Crippen molar-refractivity contribution < 1.29 is 9.90 Å². The van der Waals surface area contributed by atoms with Crippen molar-refractivity contribution in [3.05, 3.63) is 41.6 Å². The summed E-state index contributed by atoms with van der Waals surface area (Å²) in [5.74, 6) is 1.99. The number of nitrogens with zero attached hydrogens (tertiary/aromatic N) is 3. The van der Waals surface area contributed by atoms with E-state index in [-0.39, 0.29) is 5.56 Å². The molecule has 0 unspecified atom stereocenters. The minimum atomic E-state index is -1.01. The number of carboxylic acid groups (broad SMARTS) is 1. The molecule has 0 amide bonds. The Morgan fingerprint density at radius 1 is 1.45 bits per heavy atom. The van der Waals surface area contributed by atoms with Crippen LogP contribution in [0.2, 0.25) is 0 Å². The van der Waals surface area contributed by atoms with Gasteiger partial charge in [-0.15, -0.1) is 6.42 Å². The van der Waals surface area contributed by atoms with Gasteiger partial charge in [0.05, 0.1) is 17.9 Å². The summed E-state index contributed by atoms with van der Waals surface area (Å²) in [5, 5.41) is 13.7. The molecule has 5 nitrogen and oxygen atoms in total. The Bertz CT molecular complexity index is 668.